The molecule has 3 aromatic heterocycles. The summed E-state index contributed by atoms with van der Waals surface area (Å²) in [4.78, 5) is 25.4. The third-order valence-electron chi connectivity index (χ3n) is 3.89. The zero-order valence-electron chi connectivity index (χ0n) is 13.4. The molecule has 4 rings (SSSR count). The predicted molar refractivity (Wildman–Crippen MR) is 89.0 cm³/mol. The minimum absolute atomic E-state index is 0.205. The highest BCUT2D eigenvalue weighted by Gasteiger charge is 2.17. The molecular formula is C15H17N7OS. The molecule has 0 saturated heterocycles. The SMILES string of the molecule is CC(C)c1cc(C(=O)NCc2cn3c(n2)SCC3)nc2ncnn12. The van der Waals surface area contributed by atoms with Gasteiger partial charge < -0.3 is 9.88 Å². The smallest absolute Gasteiger partial charge is 0.270 e. The van der Waals surface area contributed by atoms with Crippen LogP contribution in [0.4, 0.5) is 0 Å². The topological polar surface area (TPSA) is 90.0 Å². The molecule has 1 amide bonds. The van der Waals surface area contributed by atoms with Crippen LogP contribution in [-0.2, 0) is 13.1 Å². The van der Waals surface area contributed by atoms with Gasteiger partial charge in [0.1, 0.15) is 12.0 Å². The first kappa shape index (κ1) is 15.1. The average molecular weight is 343 g/mol. The number of nitrogens with one attached hydrogen (secondary N) is 1. The average Bonchev–Trinajstić information content (AvgIpc) is 3.26. The van der Waals surface area contributed by atoms with Gasteiger partial charge in [-0.15, -0.1) is 0 Å². The predicted octanol–water partition coefficient (Wildman–Crippen LogP) is 1.48. The number of imidazole rings is 1. The van der Waals surface area contributed by atoms with Gasteiger partial charge in [0.05, 0.1) is 17.9 Å². The molecule has 0 radical (unpaired) electrons. The lowest BCUT2D eigenvalue weighted by Gasteiger charge is -2.09. The van der Waals surface area contributed by atoms with Crippen molar-refractivity contribution in [2.45, 2.75) is 38.0 Å². The van der Waals surface area contributed by atoms with E-state index in [2.05, 4.69) is 29.9 Å². The largest absolute Gasteiger partial charge is 0.345 e. The molecule has 9 heteroatoms. The molecule has 0 bridgehead atoms. The van der Waals surface area contributed by atoms with E-state index in [1.54, 1.807) is 22.3 Å². The van der Waals surface area contributed by atoms with Crippen LogP contribution in [0.3, 0.4) is 0 Å². The fraction of sp³-hybridized carbons (Fsp3) is 0.400. The summed E-state index contributed by atoms with van der Waals surface area (Å²) in [5.41, 5.74) is 2.11. The number of fused-ring (bicyclic) bond motifs is 2. The Kier molecular flexibility index (Phi) is 3.72. The van der Waals surface area contributed by atoms with Crippen molar-refractivity contribution in [3.8, 4) is 0 Å². The third kappa shape index (κ3) is 2.64. The molecule has 1 aliphatic rings. The Morgan fingerprint density at radius 3 is 3.08 bits per heavy atom. The summed E-state index contributed by atoms with van der Waals surface area (Å²) in [5, 5.41) is 8.06. The zero-order chi connectivity index (χ0) is 16.7. The van der Waals surface area contributed by atoms with Gasteiger partial charge in [-0.05, 0) is 12.0 Å². The number of thioether (sulfide) groups is 1. The molecule has 1 N–H and O–H groups in total. The van der Waals surface area contributed by atoms with Gasteiger partial charge in [0.15, 0.2) is 5.16 Å². The Hall–Kier alpha value is -2.42. The Labute approximate surface area is 142 Å². The maximum atomic E-state index is 12.5. The quantitative estimate of drug-likeness (QED) is 0.772. The molecule has 124 valence electrons. The molecule has 0 saturated carbocycles. The third-order valence-corrected chi connectivity index (χ3v) is 4.86. The van der Waals surface area contributed by atoms with Crippen LogP contribution in [0.2, 0.25) is 0 Å². The normalized spacial score (nSPS) is 13.6. The van der Waals surface area contributed by atoms with Gasteiger partial charge in [0.2, 0.25) is 0 Å². The molecule has 0 spiro atoms. The van der Waals surface area contributed by atoms with E-state index >= 15 is 0 Å². The summed E-state index contributed by atoms with van der Waals surface area (Å²) in [6, 6.07) is 1.77. The number of amides is 1. The van der Waals surface area contributed by atoms with E-state index in [-0.39, 0.29) is 11.8 Å². The summed E-state index contributed by atoms with van der Waals surface area (Å²) in [6.45, 7) is 5.45. The minimum Gasteiger partial charge on any atom is -0.345 e. The Morgan fingerprint density at radius 2 is 2.29 bits per heavy atom. The van der Waals surface area contributed by atoms with Gasteiger partial charge in [-0.2, -0.15) is 10.1 Å². The van der Waals surface area contributed by atoms with E-state index in [1.165, 1.54) is 6.33 Å². The summed E-state index contributed by atoms with van der Waals surface area (Å²) in [7, 11) is 0. The zero-order valence-corrected chi connectivity index (χ0v) is 14.2. The fourth-order valence-corrected chi connectivity index (χ4v) is 3.63. The molecule has 0 atom stereocenters. The standard InChI is InChI=1S/C15H17N7OS/c1-9(2)12-5-11(20-14-17-8-18-22(12)14)13(23)16-6-10-7-21-3-4-24-15(21)19-10/h5,7-9H,3-4,6H2,1-2H3,(H,16,23). The lowest BCUT2D eigenvalue weighted by Crippen LogP contribution is -2.25. The fourth-order valence-electron chi connectivity index (χ4n) is 2.67. The van der Waals surface area contributed by atoms with Gasteiger partial charge in [-0.3, -0.25) is 4.79 Å². The second kappa shape index (κ2) is 5.90. The second-order valence-electron chi connectivity index (χ2n) is 5.93. The molecule has 0 aliphatic carbocycles. The summed E-state index contributed by atoms with van der Waals surface area (Å²) < 4.78 is 3.78. The van der Waals surface area contributed by atoms with Crippen LogP contribution in [-0.4, -0.2) is 40.8 Å². The number of hydrogen-bond acceptors (Lipinski definition) is 6. The highest BCUT2D eigenvalue weighted by Crippen LogP contribution is 2.24. The molecule has 0 unspecified atom stereocenters. The van der Waals surface area contributed by atoms with E-state index in [0.29, 0.717) is 18.0 Å². The molecule has 0 fully saturated rings. The number of nitrogens with zero attached hydrogens (tertiary/aromatic N) is 6. The molecular weight excluding hydrogens is 326 g/mol. The van der Waals surface area contributed by atoms with Crippen LogP contribution in [0.25, 0.3) is 5.78 Å². The van der Waals surface area contributed by atoms with Gasteiger partial charge in [-0.1, -0.05) is 25.6 Å². The monoisotopic (exact) mass is 343 g/mol. The van der Waals surface area contributed by atoms with Crippen molar-refractivity contribution in [1.82, 2.24) is 34.4 Å². The first-order chi connectivity index (χ1) is 11.6. The Bertz CT molecular complexity index is 892. The number of carbonyl (C=O) groups excluding carboxylic acids is 1. The number of carbonyl (C=O) groups is 1. The van der Waals surface area contributed by atoms with Crippen molar-refractivity contribution >= 4 is 23.4 Å². The molecule has 4 heterocycles. The van der Waals surface area contributed by atoms with E-state index in [4.69, 9.17) is 0 Å². The highest BCUT2D eigenvalue weighted by molar-refractivity contribution is 7.99. The molecule has 1 aliphatic heterocycles. The summed E-state index contributed by atoms with van der Waals surface area (Å²) in [5.74, 6) is 1.47. The van der Waals surface area contributed by atoms with Crippen LogP contribution < -0.4 is 5.32 Å². The van der Waals surface area contributed by atoms with Crippen LogP contribution in [0.5, 0.6) is 0 Å². The van der Waals surface area contributed by atoms with Crippen molar-refractivity contribution in [2.75, 3.05) is 5.75 Å². The number of hydrogen-bond donors (Lipinski definition) is 1. The molecule has 8 nitrogen and oxygen atoms in total. The first-order valence-corrected chi connectivity index (χ1v) is 8.78. The summed E-state index contributed by atoms with van der Waals surface area (Å²) in [6.07, 6.45) is 3.44. The second-order valence-corrected chi connectivity index (χ2v) is 6.99. The van der Waals surface area contributed by atoms with E-state index in [0.717, 1.165) is 28.8 Å². The van der Waals surface area contributed by atoms with Crippen molar-refractivity contribution < 1.29 is 4.79 Å². The summed E-state index contributed by atoms with van der Waals surface area (Å²) >= 11 is 1.74. The van der Waals surface area contributed by atoms with Gasteiger partial charge in [0, 0.05) is 18.5 Å². The first-order valence-electron chi connectivity index (χ1n) is 7.79. The maximum absolute atomic E-state index is 12.5. The van der Waals surface area contributed by atoms with Gasteiger partial charge in [0.25, 0.3) is 11.7 Å². The maximum Gasteiger partial charge on any atom is 0.270 e. The van der Waals surface area contributed by atoms with Crippen LogP contribution in [0, 0.1) is 0 Å². The van der Waals surface area contributed by atoms with Crippen molar-refractivity contribution in [3.63, 3.8) is 0 Å². The van der Waals surface area contributed by atoms with Crippen molar-refractivity contribution in [3.05, 3.63) is 35.7 Å². The van der Waals surface area contributed by atoms with Crippen molar-refractivity contribution in [2.24, 2.45) is 0 Å². The van der Waals surface area contributed by atoms with Gasteiger partial charge >= 0.3 is 0 Å². The number of rotatable bonds is 4. The van der Waals surface area contributed by atoms with Crippen LogP contribution in [0.1, 0.15) is 41.6 Å². The van der Waals surface area contributed by atoms with Crippen LogP contribution in [0.15, 0.2) is 23.7 Å². The molecule has 0 aromatic carbocycles. The lowest BCUT2D eigenvalue weighted by atomic mass is 10.1. The van der Waals surface area contributed by atoms with Crippen molar-refractivity contribution in [1.29, 1.82) is 0 Å². The Morgan fingerprint density at radius 1 is 1.42 bits per heavy atom. The van der Waals surface area contributed by atoms with E-state index in [9.17, 15) is 4.79 Å². The van der Waals surface area contributed by atoms with E-state index < -0.39 is 0 Å². The van der Waals surface area contributed by atoms with Gasteiger partial charge in [-0.25, -0.2) is 14.5 Å². The number of aromatic nitrogens is 6. The van der Waals surface area contributed by atoms with Crippen LogP contribution >= 0.6 is 11.8 Å². The van der Waals surface area contributed by atoms with E-state index in [1.807, 2.05) is 20.0 Å². The Balaban J connectivity index is 1.54. The number of aryl methyl sites for hydroxylation is 1. The molecule has 24 heavy (non-hydrogen) atoms. The minimum atomic E-state index is -0.233. The lowest BCUT2D eigenvalue weighted by molar-refractivity contribution is 0.0945. The molecule has 3 aromatic rings. The highest BCUT2D eigenvalue weighted by atomic mass is 32.2.